The van der Waals surface area contributed by atoms with Gasteiger partial charge in [0.1, 0.15) is 0 Å². The van der Waals surface area contributed by atoms with Crippen molar-refractivity contribution in [2.24, 2.45) is 0 Å². The van der Waals surface area contributed by atoms with Gasteiger partial charge in [-0.15, -0.1) is 0 Å². The van der Waals surface area contributed by atoms with E-state index in [0.717, 1.165) is 11.3 Å². The average Bonchev–Trinajstić information content (AvgIpc) is 2.34. The van der Waals surface area contributed by atoms with Crippen LogP contribution >= 0.6 is 0 Å². The van der Waals surface area contributed by atoms with E-state index in [1.54, 1.807) is 6.92 Å². The van der Waals surface area contributed by atoms with Gasteiger partial charge in [-0.2, -0.15) is 0 Å². The third-order valence-electron chi connectivity index (χ3n) is 2.21. The summed E-state index contributed by atoms with van der Waals surface area (Å²) in [5.74, 6) is 5.53. The number of nitrogens with zero attached hydrogens (tertiary/aromatic N) is 1. The monoisotopic (exact) mass is 231 g/mol. The van der Waals surface area contributed by atoms with E-state index in [-0.39, 0.29) is 12.6 Å². The molecule has 0 saturated carbocycles. The molecule has 0 spiro atoms. The van der Waals surface area contributed by atoms with Gasteiger partial charge >= 0.3 is 5.97 Å². The molecule has 0 bridgehead atoms. The van der Waals surface area contributed by atoms with Crippen molar-refractivity contribution in [3.8, 4) is 11.8 Å². The zero-order valence-corrected chi connectivity index (χ0v) is 10.5. The van der Waals surface area contributed by atoms with Crippen LogP contribution in [0.15, 0.2) is 24.3 Å². The van der Waals surface area contributed by atoms with Gasteiger partial charge in [-0.25, -0.2) is 0 Å². The summed E-state index contributed by atoms with van der Waals surface area (Å²) in [6, 6.07) is 7.90. The van der Waals surface area contributed by atoms with Gasteiger partial charge in [-0.1, -0.05) is 18.8 Å². The van der Waals surface area contributed by atoms with E-state index in [1.165, 1.54) is 0 Å². The fourth-order valence-electron chi connectivity index (χ4n) is 1.20. The second kappa shape index (κ2) is 6.59. The minimum atomic E-state index is -0.220. The first-order valence-electron chi connectivity index (χ1n) is 5.55. The molecule has 0 aliphatic heterocycles. The number of hydrogen-bond donors (Lipinski definition) is 0. The van der Waals surface area contributed by atoms with Crippen LogP contribution in [0.5, 0.6) is 0 Å². The van der Waals surface area contributed by atoms with Gasteiger partial charge in [0.2, 0.25) is 0 Å². The lowest BCUT2D eigenvalue weighted by molar-refractivity contribution is -0.141. The first-order chi connectivity index (χ1) is 8.13. The molecule has 0 atom stereocenters. The van der Waals surface area contributed by atoms with Crippen LogP contribution in [0.25, 0.3) is 0 Å². The molecule has 0 aliphatic rings. The van der Waals surface area contributed by atoms with Crippen molar-refractivity contribution in [2.45, 2.75) is 13.3 Å². The molecule has 0 heterocycles. The van der Waals surface area contributed by atoms with Crippen molar-refractivity contribution in [1.82, 2.24) is 0 Å². The van der Waals surface area contributed by atoms with Crippen LogP contribution in [0.4, 0.5) is 5.69 Å². The zero-order valence-electron chi connectivity index (χ0n) is 10.5. The number of benzene rings is 1. The van der Waals surface area contributed by atoms with Gasteiger partial charge < -0.3 is 9.64 Å². The maximum absolute atomic E-state index is 10.8. The molecular weight excluding hydrogens is 214 g/mol. The summed E-state index contributed by atoms with van der Waals surface area (Å²) in [7, 11) is 3.98. The Kier molecular flexibility index (Phi) is 5.09. The van der Waals surface area contributed by atoms with E-state index in [1.807, 2.05) is 43.3 Å². The Morgan fingerprint density at radius 3 is 2.47 bits per heavy atom. The zero-order chi connectivity index (χ0) is 12.7. The fourth-order valence-corrected chi connectivity index (χ4v) is 1.20. The number of ether oxygens (including phenoxy) is 1. The van der Waals surface area contributed by atoms with Gasteiger partial charge in [0.05, 0.1) is 0 Å². The Bertz CT molecular complexity index is 424. The molecule has 0 fully saturated rings. The quantitative estimate of drug-likeness (QED) is 0.589. The number of carbonyl (C=O) groups excluding carboxylic acids is 1. The third kappa shape index (κ3) is 4.60. The lowest BCUT2D eigenvalue weighted by atomic mass is 10.2. The van der Waals surface area contributed by atoms with Crippen LogP contribution in [0.1, 0.15) is 18.9 Å². The first-order valence-corrected chi connectivity index (χ1v) is 5.55. The molecule has 1 rings (SSSR count). The molecule has 1 aromatic rings. The summed E-state index contributed by atoms with van der Waals surface area (Å²) in [5, 5.41) is 0. The molecular formula is C14H17NO2. The highest BCUT2D eigenvalue weighted by molar-refractivity contribution is 5.69. The summed E-state index contributed by atoms with van der Waals surface area (Å²) in [5.41, 5.74) is 2.05. The number of hydrogen-bond acceptors (Lipinski definition) is 3. The number of rotatable bonds is 3. The number of esters is 1. The van der Waals surface area contributed by atoms with E-state index in [2.05, 4.69) is 11.8 Å². The van der Waals surface area contributed by atoms with Crippen LogP contribution in [0.3, 0.4) is 0 Å². The second-order valence-corrected chi connectivity index (χ2v) is 3.76. The maximum Gasteiger partial charge on any atom is 0.306 e. The average molecular weight is 231 g/mol. The number of anilines is 1. The fraction of sp³-hybridized carbons (Fsp3) is 0.357. The van der Waals surface area contributed by atoms with Crippen LogP contribution in [-0.2, 0) is 9.53 Å². The van der Waals surface area contributed by atoms with Crippen molar-refractivity contribution in [3.05, 3.63) is 29.8 Å². The molecule has 0 aromatic heterocycles. The highest BCUT2D eigenvalue weighted by Gasteiger charge is 1.95. The van der Waals surface area contributed by atoms with Crippen LogP contribution in [0, 0.1) is 11.8 Å². The Labute approximate surface area is 102 Å². The largest absolute Gasteiger partial charge is 0.452 e. The molecule has 90 valence electrons. The smallest absolute Gasteiger partial charge is 0.306 e. The summed E-state index contributed by atoms with van der Waals surface area (Å²) in [4.78, 5) is 12.9. The van der Waals surface area contributed by atoms with Gasteiger partial charge in [0.15, 0.2) is 6.61 Å². The lowest BCUT2D eigenvalue weighted by Gasteiger charge is -2.11. The first kappa shape index (κ1) is 13.1. The second-order valence-electron chi connectivity index (χ2n) is 3.76. The Hall–Kier alpha value is -1.95. The van der Waals surface area contributed by atoms with Crippen molar-refractivity contribution in [2.75, 3.05) is 25.6 Å². The maximum atomic E-state index is 10.8. The topological polar surface area (TPSA) is 29.5 Å². The number of carbonyl (C=O) groups is 1. The summed E-state index contributed by atoms with van der Waals surface area (Å²) < 4.78 is 4.85. The van der Waals surface area contributed by atoms with Gasteiger partial charge in [-0.3, -0.25) is 4.79 Å². The summed E-state index contributed by atoms with van der Waals surface area (Å²) in [6.07, 6.45) is 0.388. The molecule has 0 radical (unpaired) electrons. The van der Waals surface area contributed by atoms with E-state index in [9.17, 15) is 4.79 Å². The SMILES string of the molecule is CCC(=O)OCC#Cc1ccc(N(C)C)cc1. The third-order valence-corrected chi connectivity index (χ3v) is 2.21. The van der Waals surface area contributed by atoms with Crippen molar-refractivity contribution in [3.63, 3.8) is 0 Å². The molecule has 1 aromatic carbocycles. The molecule has 0 N–H and O–H groups in total. The summed E-state index contributed by atoms with van der Waals surface area (Å²) in [6.45, 7) is 1.91. The van der Waals surface area contributed by atoms with Gasteiger partial charge in [0, 0.05) is 31.8 Å². The van der Waals surface area contributed by atoms with Crippen LogP contribution in [-0.4, -0.2) is 26.7 Å². The minimum absolute atomic E-state index is 0.155. The Morgan fingerprint density at radius 2 is 1.94 bits per heavy atom. The predicted octanol–water partition coefficient (Wildman–Crippen LogP) is 2.06. The minimum Gasteiger partial charge on any atom is -0.452 e. The van der Waals surface area contributed by atoms with E-state index < -0.39 is 0 Å². The van der Waals surface area contributed by atoms with Gasteiger partial charge in [0.25, 0.3) is 0 Å². The molecule has 0 aliphatic carbocycles. The Morgan fingerprint density at radius 1 is 1.29 bits per heavy atom. The molecule has 0 unspecified atom stereocenters. The molecule has 0 amide bonds. The van der Waals surface area contributed by atoms with E-state index in [0.29, 0.717) is 6.42 Å². The standard InChI is InChI=1S/C14H17NO2/c1-4-14(16)17-11-5-6-12-7-9-13(10-8-12)15(2)3/h7-10H,4,11H2,1-3H3. The normalized spacial score (nSPS) is 9.12. The van der Waals surface area contributed by atoms with Gasteiger partial charge in [-0.05, 0) is 24.3 Å². The Balaban J connectivity index is 2.52. The molecule has 3 heteroatoms. The lowest BCUT2D eigenvalue weighted by Crippen LogP contribution is -2.07. The van der Waals surface area contributed by atoms with E-state index in [4.69, 9.17) is 4.74 Å². The highest BCUT2D eigenvalue weighted by Crippen LogP contribution is 2.11. The summed E-state index contributed by atoms with van der Waals surface area (Å²) >= 11 is 0. The van der Waals surface area contributed by atoms with Crippen LogP contribution < -0.4 is 4.90 Å². The molecule has 0 saturated heterocycles. The van der Waals surface area contributed by atoms with Crippen molar-refractivity contribution >= 4 is 11.7 Å². The van der Waals surface area contributed by atoms with Crippen LogP contribution in [0.2, 0.25) is 0 Å². The van der Waals surface area contributed by atoms with Crippen molar-refractivity contribution < 1.29 is 9.53 Å². The molecule has 17 heavy (non-hydrogen) atoms. The van der Waals surface area contributed by atoms with E-state index >= 15 is 0 Å². The highest BCUT2D eigenvalue weighted by atomic mass is 16.5. The molecule has 3 nitrogen and oxygen atoms in total. The van der Waals surface area contributed by atoms with Crippen molar-refractivity contribution in [1.29, 1.82) is 0 Å². The predicted molar refractivity (Wildman–Crippen MR) is 68.9 cm³/mol.